The van der Waals surface area contributed by atoms with E-state index in [0.29, 0.717) is 22.8 Å². The molecule has 2 aromatic carbocycles. The number of aromatic nitrogens is 7. The highest BCUT2D eigenvalue weighted by molar-refractivity contribution is 7.90. The number of H-pyrrole nitrogens is 1. The van der Waals surface area contributed by atoms with Crippen LogP contribution < -0.4 is 23.7 Å². The van der Waals surface area contributed by atoms with Gasteiger partial charge in [0.1, 0.15) is 5.69 Å². The lowest BCUT2D eigenvalue weighted by Gasteiger charge is -2.18. The van der Waals surface area contributed by atoms with Gasteiger partial charge in [0.05, 0.1) is 7.11 Å². The maximum atomic E-state index is 13.2. The Bertz CT molecular complexity index is 1810. The van der Waals surface area contributed by atoms with E-state index in [4.69, 9.17) is 20.6 Å². The Labute approximate surface area is 240 Å². The molecule has 0 unspecified atom stereocenters. The number of tetrazole rings is 1. The summed E-state index contributed by atoms with van der Waals surface area (Å²) in [5.41, 5.74) is 1.60. The number of rotatable bonds is 12. The van der Waals surface area contributed by atoms with E-state index in [2.05, 4.69) is 50.9 Å². The second-order valence-electron chi connectivity index (χ2n) is 8.37. The Kier molecular flexibility index (Phi) is 8.47. The Balaban J connectivity index is 1.60. The van der Waals surface area contributed by atoms with Crippen molar-refractivity contribution in [3.8, 4) is 58.4 Å². The van der Waals surface area contributed by atoms with Gasteiger partial charge in [-0.2, -0.15) is 18.1 Å². The summed E-state index contributed by atoms with van der Waals surface area (Å²) < 4.78 is 48.6. The zero-order valence-electron chi connectivity index (χ0n) is 22.1. The van der Waals surface area contributed by atoms with Gasteiger partial charge in [0.15, 0.2) is 35.6 Å². The zero-order valence-corrected chi connectivity index (χ0v) is 22.9. The molecular weight excluding hydrogens is 562 g/mol. The van der Waals surface area contributed by atoms with Crippen LogP contribution in [0.5, 0.6) is 23.1 Å². The Morgan fingerprint density at radius 3 is 2.55 bits per heavy atom. The number of para-hydroxylation sites is 2. The average Bonchev–Trinajstić information content (AvgIpc) is 3.56. The molecule has 0 radical (unpaired) electrons. The highest BCUT2D eigenvalue weighted by Crippen LogP contribution is 2.41. The van der Waals surface area contributed by atoms with Crippen LogP contribution in [0.3, 0.4) is 0 Å². The average molecular weight is 586 g/mol. The summed E-state index contributed by atoms with van der Waals surface area (Å²) in [6.07, 6.45) is 6.95. The minimum absolute atomic E-state index is 0.0240. The third-order valence-electron chi connectivity index (χ3n) is 5.55. The topological polar surface area (TPSA) is 179 Å². The van der Waals surface area contributed by atoms with Gasteiger partial charge in [0.25, 0.3) is 5.88 Å². The lowest BCUT2D eigenvalue weighted by molar-refractivity contribution is 0.325. The van der Waals surface area contributed by atoms with Gasteiger partial charge in [0.2, 0.25) is 5.75 Å². The Morgan fingerprint density at radius 1 is 1.02 bits per heavy atom. The van der Waals surface area contributed by atoms with Crippen LogP contribution in [0.2, 0.25) is 0 Å². The number of pyridine rings is 1. The first-order valence-corrected chi connectivity index (χ1v) is 13.7. The lowest BCUT2D eigenvalue weighted by atomic mass is 10.2. The second-order valence-corrected chi connectivity index (χ2v) is 9.87. The number of nitrogens with zero attached hydrogens (tertiary/aromatic N) is 6. The number of hydrogen-bond donors (Lipinski definition) is 3. The highest BCUT2D eigenvalue weighted by Gasteiger charge is 2.24. The molecule has 3 N–H and O–H groups in total. The van der Waals surface area contributed by atoms with E-state index in [1.54, 1.807) is 60.7 Å². The molecule has 0 saturated carbocycles. The third kappa shape index (κ3) is 6.75. The van der Waals surface area contributed by atoms with Crippen LogP contribution in [-0.4, -0.2) is 57.7 Å². The van der Waals surface area contributed by atoms with Gasteiger partial charge >= 0.3 is 10.2 Å². The van der Waals surface area contributed by atoms with Crippen LogP contribution in [0.15, 0.2) is 72.9 Å². The highest BCUT2D eigenvalue weighted by atomic mass is 32.2. The normalized spacial score (nSPS) is 11.0. The third-order valence-corrected chi connectivity index (χ3v) is 6.54. The van der Waals surface area contributed by atoms with Crippen molar-refractivity contribution in [2.24, 2.45) is 0 Å². The van der Waals surface area contributed by atoms with E-state index in [0.717, 1.165) is 5.56 Å². The molecule has 0 spiro atoms. The van der Waals surface area contributed by atoms with E-state index in [1.807, 2.05) is 6.07 Å². The van der Waals surface area contributed by atoms with Crippen molar-refractivity contribution in [2.75, 3.05) is 18.4 Å². The molecule has 15 heteroatoms. The monoisotopic (exact) mass is 585 g/mol. The van der Waals surface area contributed by atoms with E-state index < -0.39 is 10.2 Å². The number of terminal acetylenes is 1. The molecule has 0 bridgehead atoms. The number of nitrogens with one attached hydrogen (secondary N) is 3. The molecule has 14 nitrogen and oxygen atoms in total. The molecule has 0 fully saturated rings. The number of anilines is 1. The maximum absolute atomic E-state index is 13.2. The first-order valence-electron chi connectivity index (χ1n) is 12.3. The minimum atomic E-state index is -4.18. The maximum Gasteiger partial charge on any atom is 0.300 e. The van der Waals surface area contributed by atoms with Gasteiger partial charge in [-0.25, -0.2) is 10.1 Å². The standard InChI is InChI=1S/C27H23N9O5S/c1-3-15-40-27-23(41-22-12-8-7-11-21(22)39-2)26(34-42(37,38)29-17-18-9-5-4-6-10-18)30-24(31-27)19-13-14-28-20(16-19)25-32-35-36-33-25/h1,4-14,16,29H,15,17H2,2H3,(H,30,31,34)(H,32,33,35,36). The molecule has 0 aliphatic heterocycles. The summed E-state index contributed by atoms with van der Waals surface area (Å²) in [7, 11) is -2.71. The van der Waals surface area contributed by atoms with Crippen LogP contribution in [-0.2, 0) is 16.8 Å². The van der Waals surface area contributed by atoms with Crippen molar-refractivity contribution in [1.29, 1.82) is 0 Å². The Hall–Kier alpha value is -5.59. The smallest absolute Gasteiger partial charge is 0.300 e. The van der Waals surface area contributed by atoms with Crippen LogP contribution >= 0.6 is 0 Å². The molecule has 0 aliphatic rings. The second kappa shape index (κ2) is 12.7. The number of methoxy groups -OCH3 is 1. The van der Waals surface area contributed by atoms with Crippen molar-refractivity contribution >= 4 is 16.0 Å². The van der Waals surface area contributed by atoms with Crippen molar-refractivity contribution < 1.29 is 22.6 Å². The summed E-state index contributed by atoms with van der Waals surface area (Å²) in [6.45, 7) is -0.168. The fourth-order valence-corrected chi connectivity index (χ4v) is 4.47. The van der Waals surface area contributed by atoms with Gasteiger partial charge in [-0.05, 0) is 40.3 Å². The lowest BCUT2D eigenvalue weighted by Crippen LogP contribution is -2.30. The number of ether oxygens (including phenoxy) is 3. The van der Waals surface area contributed by atoms with E-state index >= 15 is 0 Å². The first-order chi connectivity index (χ1) is 20.5. The predicted molar refractivity (Wildman–Crippen MR) is 152 cm³/mol. The van der Waals surface area contributed by atoms with E-state index in [1.165, 1.54) is 13.3 Å². The molecule has 5 rings (SSSR count). The fraction of sp³-hybridized carbons (Fsp3) is 0.111. The molecule has 0 amide bonds. The van der Waals surface area contributed by atoms with Crippen LogP contribution in [0.1, 0.15) is 5.56 Å². The molecule has 0 saturated heterocycles. The van der Waals surface area contributed by atoms with Gasteiger partial charge in [0, 0.05) is 18.3 Å². The van der Waals surface area contributed by atoms with Gasteiger partial charge in [-0.15, -0.1) is 11.5 Å². The van der Waals surface area contributed by atoms with E-state index in [9.17, 15) is 8.42 Å². The summed E-state index contributed by atoms with van der Waals surface area (Å²) in [4.78, 5) is 13.3. The van der Waals surface area contributed by atoms with Crippen molar-refractivity contribution in [3.05, 3.63) is 78.5 Å². The molecule has 3 heterocycles. The molecule has 5 aromatic rings. The molecule has 0 atom stereocenters. The molecule has 3 aromatic heterocycles. The first kappa shape index (κ1) is 28.0. The van der Waals surface area contributed by atoms with Crippen molar-refractivity contribution in [1.82, 2.24) is 40.3 Å². The molecule has 42 heavy (non-hydrogen) atoms. The predicted octanol–water partition coefficient (Wildman–Crippen LogP) is 2.98. The van der Waals surface area contributed by atoms with Crippen molar-refractivity contribution in [3.63, 3.8) is 0 Å². The molecule has 0 aliphatic carbocycles. The molecular formula is C27H23N9O5S. The van der Waals surface area contributed by atoms with Crippen LogP contribution in [0.25, 0.3) is 22.9 Å². The number of benzene rings is 2. The van der Waals surface area contributed by atoms with Gasteiger partial charge in [-0.3, -0.25) is 9.71 Å². The minimum Gasteiger partial charge on any atom is -0.493 e. The van der Waals surface area contributed by atoms with Crippen molar-refractivity contribution in [2.45, 2.75) is 6.54 Å². The molecule has 212 valence electrons. The van der Waals surface area contributed by atoms with Crippen LogP contribution in [0.4, 0.5) is 5.82 Å². The summed E-state index contributed by atoms with van der Waals surface area (Å²) in [5.74, 6) is 2.90. The largest absolute Gasteiger partial charge is 0.493 e. The zero-order chi connectivity index (χ0) is 29.4. The fourth-order valence-electron chi connectivity index (χ4n) is 3.65. The van der Waals surface area contributed by atoms with Gasteiger partial charge < -0.3 is 14.2 Å². The summed E-state index contributed by atoms with van der Waals surface area (Å²) >= 11 is 0. The quantitative estimate of drug-likeness (QED) is 0.183. The summed E-state index contributed by atoms with van der Waals surface area (Å²) in [6, 6.07) is 19.0. The van der Waals surface area contributed by atoms with Gasteiger partial charge in [-0.1, -0.05) is 48.4 Å². The SMILES string of the molecule is C#CCOc1nc(-c2ccnc(-c3nnn[nH]3)c2)nc(NS(=O)(=O)NCc2ccccc2)c1Oc1ccccc1OC. The van der Waals surface area contributed by atoms with Crippen LogP contribution in [0, 0.1) is 12.3 Å². The Morgan fingerprint density at radius 2 is 1.81 bits per heavy atom. The summed E-state index contributed by atoms with van der Waals surface area (Å²) in [5, 5.41) is 13.6. The van der Waals surface area contributed by atoms with E-state index in [-0.39, 0.29) is 42.2 Å². The number of aromatic amines is 1. The number of hydrogen-bond acceptors (Lipinski definition) is 11.